The van der Waals surface area contributed by atoms with Gasteiger partial charge in [0.25, 0.3) is 11.8 Å². The van der Waals surface area contributed by atoms with Gasteiger partial charge >= 0.3 is 6.09 Å². The number of ether oxygens (including phenoxy) is 1. The number of rotatable bonds is 14. The van der Waals surface area contributed by atoms with E-state index in [1.54, 1.807) is 29.2 Å². The number of nitrogens with zero attached hydrogens (tertiary/aromatic N) is 3. The molecule has 2 aromatic rings. The van der Waals surface area contributed by atoms with Crippen LogP contribution in [0.25, 0.3) is 0 Å². The van der Waals surface area contributed by atoms with Crippen molar-refractivity contribution in [1.82, 2.24) is 25.3 Å². The maximum Gasteiger partial charge on any atom is 0.410 e. The summed E-state index contributed by atoms with van der Waals surface area (Å²) in [5.74, 6) is -0.355. The van der Waals surface area contributed by atoms with Crippen molar-refractivity contribution in [2.24, 2.45) is 0 Å². The molecule has 0 aromatic heterocycles. The molecule has 2 N–H and O–H groups in total. The molecule has 1 aliphatic heterocycles. The van der Waals surface area contributed by atoms with Crippen LogP contribution in [0.2, 0.25) is 0 Å². The fraction of sp³-hybridized carbons (Fsp3) is 0.583. The van der Waals surface area contributed by atoms with Crippen molar-refractivity contribution in [2.75, 3.05) is 52.9 Å². The molecule has 1 saturated carbocycles. The summed E-state index contributed by atoms with van der Waals surface area (Å²) in [6, 6.07) is 16.8. The largest absolute Gasteiger partial charge is 0.443 e. The maximum absolute atomic E-state index is 13.9. The Balaban J connectivity index is 1.57. The Morgan fingerprint density at radius 2 is 1.56 bits per heavy atom. The number of likely N-dealkylation sites (N-methyl/N-ethyl adjacent to an activating group) is 1. The molecule has 2 atom stereocenters. The topological polar surface area (TPSA) is 94.2 Å². The first-order valence-electron chi connectivity index (χ1n) is 17.0. The van der Waals surface area contributed by atoms with Crippen LogP contribution in [0, 0.1) is 0 Å². The predicted molar refractivity (Wildman–Crippen MR) is 179 cm³/mol. The van der Waals surface area contributed by atoms with E-state index in [0.29, 0.717) is 56.3 Å². The third-order valence-corrected chi connectivity index (χ3v) is 8.94. The lowest BCUT2D eigenvalue weighted by Gasteiger charge is -2.35. The van der Waals surface area contributed by atoms with Crippen LogP contribution in [0.1, 0.15) is 85.1 Å². The summed E-state index contributed by atoms with van der Waals surface area (Å²) < 4.78 is 6.27. The molecule has 2 fully saturated rings. The third kappa shape index (κ3) is 10.6. The zero-order valence-corrected chi connectivity index (χ0v) is 27.5. The minimum Gasteiger partial charge on any atom is -0.443 e. The van der Waals surface area contributed by atoms with Gasteiger partial charge in [0.05, 0.1) is 6.04 Å². The monoisotopic (exact) mass is 619 g/mol. The molecule has 2 unspecified atom stereocenters. The minimum absolute atomic E-state index is 0.0650. The van der Waals surface area contributed by atoms with Gasteiger partial charge in [-0.05, 0) is 62.9 Å². The summed E-state index contributed by atoms with van der Waals surface area (Å²) in [5.41, 5.74) is 1.96. The number of hydrogen-bond acceptors (Lipinski definition) is 6. The second-order valence-electron chi connectivity index (χ2n) is 12.6. The van der Waals surface area contributed by atoms with Crippen LogP contribution in [0.4, 0.5) is 4.79 Å². The molecule has 4 rings (SSSR count). The normalized spacial score (nSPS) is 17.4. The van der Waals surface area contributed by atoms with Gasteiger partial charge in [0.2, 0.25) is 0 Å². The van der Waals surface area contributed by atoms with Gasteiger partial charge < -0.3 is 30.1 Å². The molecule has 0 bridgehead atoms. The molecular formula is C36H53N5O4. The molecular weight excluding hydrogens is 566 g/mol. The zero-order valence-electron chi connectivity index (χ0n) is 27.5. The van der Waals surface area contributed by atoms with Crippen LogP contribution < -0.4 is 10.6 Å². The summed E-state index contributed by atoms with van der Waals surface area (Å²) in [6.45, 7) is 8.74. The van der Waals surface area contributed by atoms with Crippen LogP contribution in [0.15, 0.2) is 54.6 Å². The Bertz CT molecular complexity index is 1200. The second kappa shape index (κ2) is 17.9. The van der Waals surface area contributed by atoms with E-state index in [2.05, 4.69) is 36.4 Å². The summed E-state index contributed by atoms with van der Waals surface area (Å²) in [5, 5.41) is 6.89. The first-order valence-corrected chi connectivity index (χ1v) is 17.0. The highest BCUT2D eigenvalue weighted by atomic mass is 16.6. The van der Waals surface area contributed by atoms with E-state index < -0.39 is 12.1 Å². The smallest absolute Gasteiger partial charge is 0.410 e. The summed E-state index contributed by atoms with van der Waals surface area (Å²) in [4.78, 5) is 46.5. The molecule has 246 valence electrons. The highest BCUT2D eigenvalue weighted by Gasteiger charge is 2.31. The first-order chi connectivity index (χ1) is 21.9. The molecule has 45 heavy (non-hydrogen) atoms. The average Bonchev–Trinajstić information content (AvgIpc) is 3.07. The second-order valence-corrected chi connectivity index (χ2v) is 12.6. The van der Waals surface area contributed by atoms with E-state index in [1.165, 1.54) is 19.3 Å². The molecule has 9 nitrogen and oxygen atoms in total. The maximum atomic E-state index is 13.9. The van der Waals surface area contributed by atoms with Gasteiger partial charge in [-0.25, -0.2) is 4.79 Å². The highest BCUT2D eigenvalue weighted by Crippen LogP contribution is 2.19. The van der Waals surface area contributed by atoms with Crippen LogP contribution in [-0.2, 0) is 11.2 Å². The number of amides is 3. The molecule has 1 heterocycles. The van der Waals surface area contributed by atoms with Gasteiger partial charge in [0.15, 0.2) is 0 Å². The van der Waals surface area contributed by atoms with E-state index in [-0.39, 0.29) is 17.9 Å². The third-order valence-electron chi connectivity index (χ3n) is 8.94. The quantitative estimate of drug-likeness (QED) is 0.310. The van der Waals surface area contributed by atoms with Crippen LogP contribution in [0.3, 0.4) is 0 Å². The van der Waals surface area contributed by atoms with E-state index in [9.17, 15) is 14.4 Å². The van der Waals surface area contributed by atoms with Crippen molar-refractivity contribution in [3.05, 3.63) is 71.3 Å². The lowest BCUT2D eigenvalue weighted by molar-refractivity contribution is 0.0313. The van der Waals surface area contributed by atoms with Crippen molar-refractivity contribution in [2.45, 2.75) is 83.4 Å². The van der Waals surface area contributed by atoms with Gasteiger partial charge in [0, 0.05) is 63.0 Å². The minimum atomic E-state index is -0.586. The fourth-order valence-electron chi connectivity index (χ4n) is 6.27. The van der Waals surface area contributed by atoms with Gasteiger partial charge in [0.1, 0.15) is 6.10 Å². The van der Waals surface area contributed by atoms with Crippen LogP contribution in [-0.4, -0.2) is 104 Å². The van der Waals surface area contributed by atoms with Crippen molar-refractivity contribution in [1.29, 1.82) is 0 Å². The van der Waals surface area contributed by atoms with Crippen molar-refractivity contribution in [3.63, 3.8) is 0 Å². The van der Waals surface area contributed by atoms with Crippen LogP contribution in [0.5, 0.6) is 0 Å². The lowest BCUT2D eigenvalue weighted by atomic mass is 9.94. The van der Waals surface area contributed by atoms with Crippen molar-refractivity contribution < 1.29 is 19.1 Å². The Labute approximate surface area is 269 Å². The number of nitrogens with one attached hydrogen (secondary N) is 2. The molecule has 2 aliphatic rings. The summed E-state index contributed by atoms with van der Waals surface area (Å²) in [7, 11) is 2.05. The number of piperazine rings is 1. The van der Waals surface area contributed by atoms with Crippen LogP contribution >= 0.6 is 0 Å². The fourth-order valence-corrected chi connectivity index (χ4v) is 6.27. The Hall–Kier alpha value is -3.43. The number of hydrogen-bond donors (Lipinski definition) is 2. The average molecular weight is 620 g/mol. The zero-order chi connectivity index (χ0) is 32.0. The molecule has 2 aromatic carbocycles. The number of carbonyl (C=O) groups is 3. The molecule has 3 amide bonds. The molecule has 0 spiro atoms. The van der Waals surface area contributed by atoms with Gasteiger partial charge in [-0.2, -0.15) is 0 Å². The summed E-state index contributed by atoms with van der Waals surface area (Å²) in [6.07, 6.45) is 7.15. The lowest BCUT2D eigenvalue weighted by Crippen LogP contribution is -2.54. The Kier molecular flexibility index (Phi) is 13.7. The van der Waals surface area contributed by atoms with E-state index in [1.807, 2.05) is 35.2 Å². The Morgan fingerprint density at radius 3 is 2.22 bits per heavy atom. The molecule has 0 radical (unpaired) electrons. The van der Waals surface area contributed by atoms with Crippen molar-refractivity contribution in [3.8, 4) is 0 Å². The van der Waals surface area contributed by atoms with E-state index in [0.717, 1.165) is 44.3 Å². The first kappa shape index (κ1) is 34.4. The van der Waals surface area contributed by atoms with Crippen molar-refractivity contribution >= 4 is 17.9 Å². The highest BCUT2D eigenvalue weighted by molar-refractivity contribution is 5.99. The SMILES string of the molecule is CCCN(CCC)C(=O)c1cccc(C(=O)NC(Cc2ccccc2)C(CNC2CCCCC2)OC(=O)N2CCN(C)CC2)c1. The number of carbonyl (C=O) groups excluding carboxylic acids is 3. The Morgan fingerprint density at radius 1 is 0.889 bits per heavy atom. The summed E-state index contributed by atoms with van der Waals surface area (Å²) >= 11 is 0. The molecule has 1 aliphatic carbocycles. The van der Waals surface area contributed by atoms with E-state index >= 15 is 0 Å². The molecule has 9 heteroatoms. The number of benzene rings is 2. The molecule has 1 saturated heterocycles. The standard InChI is InChI=1S/C36H53N5O4/c1-4-19-40(20-5-2)35(43)30-16-12-15-29(26-30)34(42)38-32(25-28-13-8-6-9-14-28)33(27-37-31-17-10-7-11-18-31)45-36(44)41-23-21-39(3)22-24-41/h6,8-9,12-16,26,31-33,37H,4-5,7,10-11,17-25,27H2,1-3H3,(H,38,42). The van der Waals surface area contributed by atoms with E-state index in [4.69, 9.17) is 4.74 Å². The predicted octanol–water partition coefficient (Wildman–Crippen LogP) is 4.96. The van der Waals surface area contributed by atoms with Gasteiger partial charge in [-0.15, -0.1) is 0 Å². The van der Waals surface area contributed by atoms with Gasteiger partial charge in [-0.1, -0.05) is 69.5 Å². The van der Waals surface area contributed by atoms with Gasteiger partial charge in [-0.3, -0.25) is 9.59 Å².